The number of amides is 1. The van der Waals surface area contributed by atoms with Gasteiger partial charge >= 0.3 is 0 Å². The summed E-state index contributed by atoms with van der Waals surface area (Å²) in [6.45, 7) is 10.6. The number of nitrogens with zero attached hydrogens (tertiary/aromatic N) is 5. The average molecular weight is 338 g/mol. The van der Waals surface area contributed by atoms with Crippen LogP contribution >= 0.6 is 0 Å². The van der Waals surface area contributed by atoms with Crippen LogP contribution in [0.2, 0.25) is 0 Å². The number of carbonyl (C=O) groups excluding carboxylic acids is 1. The van der Waals surface area contributed by atoms with E-state index < -0.39 is 0 Å². The van der Waals surface area contributed by atoms with Gasteiger partial charge in [0.05, 0.1) is 11.4 Å². The highest BCUT2D eigenvalue weighted by molar-refractivity contribution is 6.03. The number of nitrogens with one attached hydrogen (secondary N) is 1. The summed E-state index contributed by atoms with van der Waals surface area (Å²) in [6.07, 6.45) is 0. The van der Waals surface area contributed by atoms with Gasteiger partial charge in [0.15, 0.2) is 11.5 Å². The molecule has 0 aliphatic heterocycles. The van der Waals surface area contributed by atoms with Crippen molar-refractivity contribution in [2.24, 2.45) is 0 Å². The second-order valence-corrected chi connectivity index (χ2v) is 6.22. The third-order valence-corrected chi connectivity index (χ3v) is 4.08. The first-order valence-electron chi connectivity index (χ1n) is 8.25. The van der Waals surface area contributed by atoms with E-state index in [0.29, 0.717) is 17.2 Å². The summed E-state index contributed by atoms with van der Waals surface area (Å²) in [5, 5.41) is 15.4. The van der Waals surface area contributed by atoms with Crippen LogP contribution in [0.1, 0.15) is 39.9 Å². The molecule has 0 bridgehead atoms. The molecular weight excluding hydrogens is 316 g/mol. The summed E-state index contributed by atoms with van der Waals surface area (Å²) < 4.78 is 3.51. The molecule has 0 atom stereocenters. The van der Waals surface area contributed by atoms with Crippen molar-refractivity contribution >= 4 is 11.7 Å². The minimum Gasteiger partial charge on any atom is -0.304 e. The monoisotopic (exact) mass is 338 g/mol. The molecule has 0 aliphatic carbocycles. The van der Waals surface area contributed by atoms with Crippen molar-refractivity contribution in [3.8, 4) is 5.69 Å². The number of anilines is 1. The summed E-state index contributed by atoms with van der Waals surface area (Å²) >= 11 is 0. The number of hydrogen-bond donors (Lipinski definition) is 1. The van der Waals surface area contributed by atoms with Crippen LogP contribution in [0, 0.1) is 27.7 Å². The Hall–Kier alpha value is -2.96. The van der Waals surface area contributed by atoms with Crippen molar-refractivity contribution in [1.29, 1.82) is 0 Å². The van der Waals surface area contributed by atoms with Crippen LogP contribution in [0.25, 0.3) is 5.69 Å². The zero-order valence-corrected chi connectivity index (χ0v) is 15.2. The molecule has 2 aromatic heterocycles. The van der Waals surface area contributed by atoms with Crippen LogP contribution < -0.4 is 5.32 Å². The maximum absolute atomic E-state index is 12.5. The Kier molecular flexibility index (Phi) is 4.39. The van der Waals surface area contributed by atoms with Gasteiger partial charge in [0.25, 0.3) is 5.91 Å². The third kappa shape index (κ3) is 3.31. The Bertz CT molecular complexity index is 917. The molecule has 0 saturated carbocycles. The highest BCUT2D eigenvalue weighted by atomic mass is 16.2. The average Bonchev–Trinajstić information content (AvgIpc) is 3.08. The van der Waals surface area contributed by atoms with E-state index in [1.807, 2.05) is 57.5 Å². The molecule has 0 radical (unpaired) electrons. The van der Waals surface area contributed by atoms with Crippen LogP contribution in [0.4, 0.5) is 5.82 Å². The molecule has 1 aromatic carbocycles. The molecule has 2 heterocycles. The number of aromatic nitrogens is 5. The molecule has 0 aliphatic rings. The third-order valence-electron chi connectivity index (χ3n) is 4.08. The minimum atomic E-state index is -0.311. The summed E-state index contributed by atoms with van der Waals surface area (Å²) in [5.41, 5.74) is 5.14. The molecule has 0 fully saturated rings. The standard InChI is InChI=1S/C18H22N6O/c1-6-23-13(4)10-16(21-23)19-18(25)17-14(5)24(22-20-17)15-8-11(2)7-12(3)9-15/h7-10H,6H2,1-5H3,(H,19,21,25). The predicted octanol–water partition coefficient (Wildman–Crippen LogP) is 2.97. The van der Waals surface area contributed by atoms with Crippen molar-refractivity contribution in [2.45, 2.75) is 41.2 Å². The van der Waals surface area contributed by atoms with E-state index >= 15 is 0 Å². The Morgan fingerprint density at radius 2 is 1.76 bits per heavy atom. The topological polar surface area (TPSA) is 77.6 Å². The Labute approximate surface area is 146 Å². The lowest BCUT2D eigenvalue weighted by molar-refractivity contribution is 0.102. The van der Waals surface area contributed by atoms with Gasteiger partial charge in [0.1, 0.15) is 0 Å². The number of benzene rings is 1. The van der Waals surface area contributed by atoms with Crippen molar-refractivity contribution < 1.29 is 4.79 Å². The SMILES string of the molecule is CCn1nc(NC(=O)c2nnn(-c3cc(C)cc(C)c3)c2C)cc1C. The summed E-state index contributed by atoms with van der Waals surface area (Å²) in [4.78, 5) is 12.5. The summed E-state index contributed by atoms with van der Waals surface area (Å²) in [6, 6.07) is 7.96. The van der Waals surface area contributed by atoms with Gasteiger partial charge in [-0.1, -0.05) is 11.3 Å². The molecule has 0 unspecified atom stereocenters. The second-order valence-electron chi connectivity index (χ2n) is 6.22. The first-order valence-corrected chi connectivity index (χ1v) is 8.25. The van der Waals surface area contributed by atoms with E-state index in [9.17, 15) is 4.79 Å². The fourth-order valence-electron chi connectivity index (χ4n) is 2.92. The van der Waals surface area contributed by atoms with Crippen molar-refractivity contribution in [1.82, 2.24) is 24.8 Å². The Balaban J connectivity index is 1.88. The van der Waals surface area contributed by atoms with Crippen LogP contribution in [0.15, 0.2) is 24.3 Å². The van der Waals surface area contributed by atoms with Crippen LogP contribution in [-0.2, 0) is 6.54 Å². The lowest BCUT2D eigenvalue weighted by Crippen LogP contribution is -2.15. The van der Waals surface area contributed by atoms with E-state index in [0.717, 1.165) is 29.1 Å². The van der Waals surface area contributed by atoms with E-state index in [1.165, 1.54) is 0 Å². The van der Waals surface area contributed by atoms with Gasteiger partial charge in [0, 0.05) is 18.3 Å². The van der Waals surface area contributed by atoms with Crippen LogP contribution in [0.3, 0.4) is 0 Å². The first-order chi connectivity index (χ1) is 11.9. The molecule has 7 heteroatoms. The summed E-state index contributed by atoms with van der Waals surface area (Å²) in [7, 11) is 0. The number of hydrogen-bond acceptors (Lipinski definition) is 4. The normalized spacial score (nSPS) is 10.9. The molecule has 0 spiro atoms. The van der Waals surface area contributed by atoms with Gasteiger partial charge in [-0.15, -0.1) is 5.10 Å². The molecule has 1 N–H and O–H groups in total. The van der Waals surface area contributed by atoms with Crippen LogP contribution in [-0.4, -0.2) is 30.7 Å². The van der Waals surface area contributed by atoms with Crippen molar-refractivity contribution in [3.05, 3.63) is 52.5 Å². The summed E-state index contributed by atoms with van der Waals surface area (Å²) in [5.74, 6) is 0.207. The number of rotatable bonds is 4. The zero-order chi connectivity index (χ0) is 18.1. The molecule has 7 nitrogen and oxygen atoms in total. The van der Waals surface area contributed by atoms with Crippen molar-refractivity contribution in [3.63, 3.8) is 0 Å². The predicted molar refractivity (Wildman–Crippen MR) is 96.2 cm³/mol. The fraction of sp³-hybridized carbons (Fsp3) is 0.333. The van der Waals surface area contributed by atoms with Gasteiger partial charge < -0.3 is 5.32 Å². The highest BCUT2D eigenvalue weighted by Crippen LogP contribution is 2.17. The number of carbonyl (C=O) groups is 1. The Morgan fingerprint density at radius 3 is 2.36 bits per heavy atom. The van der Waals surface area contributed by atoms with Gasteiger partial charge in [-0.25, -0.2) is 4.68 Å². The van der Waals surface area contributed by atoms with Gasteiger partial charge in [-0.3, -0.25) is 9.48 Å². The maximum atomic E-state index is 12.5. The highest BCUT2D eigenvalue weighted by Gasteiger charge is 2.19. The van der Waals surface area contributed by atoms with E-state index in [4.69, 9.17) is 0 Å². The fourth-order valence-corrected chi connectivity index (χ4v) is 2.92. The minimum absolute atomic E-state index is 0.294. The second kappa shape index (κ2) is 6.51. The maximum Gasteiger partial charge on any atom is 0.279 e. The Morgan fingerprint density at radius 1 is 1.08 bits per heavy atom. The van der Waals surface area contributed by atoms with E-state index in [-0.39, 0.29) is 5.91 Å². The van der Waals surface area contributed by atoms with E-state index in [1.54, 1.807) is 4.68 Å². The van der Waals surface area contributed by atoms with Gasteiger partial charge in [-0.2, -0.15) is 5.10 Å². The lowest BCUT2D eigenvalue weighted by atomic mass is 10.1. The molecular formula is C18H22N6O. The smallest absolute Gasteiger partial charge is 0.279 e. The van der Waals surface area contributed by atoms with E-state index in [2.05, 4.69) is 26.8 Å². The molecule has 0 saturated heterocycles. The van der Waals surface area contributed by atoms with Gasteiger partial charge in [-0.05, 0) is 57.9 Å². The number of aryl methyl sites for hydroxylation is 4. The quantitative estimate of drug-likeness (QED) is 0.793. The molecule has 130 valence electrons. The van der Waals surface area contributed by atoms with Crippen LogP contribution in [0.5, 0.6) is 0 Å². The molecule has 3 aromatic rings. The molecule has 1 amide bonds. The van der Waals surface area contributed by atoms with Gasteiger partial charge in [0.2, 0.25) is 0 Å². The zero-order valence-electron chi connectivity index (χ0n) is 15.2. The first kappa shape index (κ1) is 16.9. The molecule has 25 heavy (non-hydrogen) atoms. The lowest BCUT2D eigenvalue weighted by Gasteiger charge is -2.06. The molecule has 3 rings (SSSR count). The van der Waals surface area contributed by atoms with Crippen molar-refractivity contribution in [2.75, 3.05) is 5.32 Å². The largest absolute Gasteiger partial charge is 0.304 e.